The topological polar surface area (TPSA) is 25.8 Å². The van der Waals surface area contributed by atoms with Crippen LogP contribution in [-0.4, -0.2) is 16.1 Å². The zero-order valence-electron chi connectivity index (χ0n) is 7.18. The first kappa shape index (κ1) is 11.4. The fraction of sp³-hybridized carbons (Fsp3) is 0.500. The van der Waals surface area contributed by atoms with Gasteiger partial charge in [0.15, 0.2) is 0 Å². The van der Waals surface area contributed by atoms with E-state index in [1.54, 1.807) is 0 Å². The van der Waals surface area contributed by atoms with E-state index in [2.05, 4.69) is 25.9 Å². The molecule has 0 saturated carbocycles. The fourth-order valence-electron chi connectivity index (χ4n) is 0.915. The molecular formula is C8H8BrF3N2. The van der Waals surface area contributed by atoms with Gasteiger partial charge in [-0.05, 0) is 22.4 Å². The van der Waals surface area contributed by atoms with Crippen LogP contribution in [0.3, 0.4) is 0 Å². The predicted molar refractivity (Wildman–Crippen MR) is 48.7 cm³/mol. The summed E-state index contributed by atoms with van der Waals surface area (Å²) >= 11 is 3.14. The van der Waals surface area contributed by atoms with E-state index in [0.717, 1.165) is 4.47 Å². The Balaban J connectivity index is 2.35. The molecule has 0 aromatic carbocycles. The highest BCUT2D eigenvalue weighted by Gasteiger charge is 2.26. The number of aryl methyl sites for hydroxylation is 1. The Hall–Kier alpha value is -0.650. The first-order valence-electron chi connectivity index (χ1n) is 4.00. The normalized spacial score (nSPS) is 11.7. The second-order valence-electron chi connectivity index (χ2n) is 2.79. The minimum atomic E-state index is -4.09. The molecule has 0 amide bonds. The van der Waals surface area contributed by atoms with Crippen LogP contribution in [0.15, 0.2) is 16.9 Å². The van der Waals surface area contributed by atoms with E-state index in [1.807, 2.05) is 0 Å². The lowest BCUT2D eigenvalue weighted by Crippen LogP contribution is -2.07. The van der Waals surface area contributed by atoms with Crippen LogP contribution in [0.4, 0.5) is 13.2 Å². The van der Waals surface area contributed by atoms with Gasteiger partial charge in [-0.1, -0.05) is 0 Å². The summed E-state index contributed by atoms with van der Waals surface area (Å²) in [5.74, 6) is 0.442. The van der Waals surface area contributed by atoms with Gasteiger partial charge in [-0.15, -0.1) is 0 Å². The van der Waals surface area contributed by atoms with E-state index in [0.29, 0.717) is 5.82 Å². The van der Waals surface area contributed by atoms with Gasteiger partial charge in [-0.25, -0.2) is 9.97 Å². The van der Waals surface area contributed by atoms with Crippen molar-refractivity contribution in [2.24, 2.45) is 0 Å². The van der Waals surface area contributed by atoms with E-state index >= 15 is 0 Å². The molecular weight excluding hydrogens is 261 g/mol. The SMILES string of the molecule is FC(F)(F)CCCc1ncc(Br)cn1. The highest BCUT2D eigenvalue weighted by atomic mass is 79.9. The first-order chi connectivity index (χ1) is 6.47. The molecule has 0 aliphatic carbocycles. The van der Waals surface area contributed by atoms with E-state index < -0.39 is 12.6 Å². The Morgan fingerprint density at radius 1 is 1.21 bits per heavy atom. The molecule has 0 spiro atoms. The maximum Gasteiger partial charge on any atom is 0.389 e. The lowest BCUT2D eigenvalue weighted by Gasteiger charge is -2.04. The molecule has 0 N–H and O–H groups in total. The van der Waals surface area contributed by atoms with Crippen molar-refractivity contribution >= 4 is 15.9 Å². The van der Waals surface area contributed by atoms with Crippen LogP contribution >= 0.6 is 15.9 Å². The Labute approximate surface area is 87.7 Å². The molecule has 0 radical (unpaired) electrons. The van der Waals surface area contributed by atoms with Gasteiger partial charge in [-0.2, -0.15) is 13.2 Å². The van der Waals surface area contributed by atoms with Crippen LogP contribution in [0.5, 0.6) is 0 Å². The van der Waals surface area contributed by atoms with Crippen molar-refractivity contribution in [2.75, 3.05) is 0 Å². The Morgan fingerprint density at radius 2 is 1.79 bits per heavy atom. The molecule has 0 aliphatic rings. The molecule has 1 heterocycles. The molecule has 2 nitrogen and oxygen atoms in total. The van der Waals surface area contributed by atoms with Crippen molar-refractivity contribution in [3.05, 3.63) is 22.7 Å². The fourth-order valence-corrected chi connectivity index (χ4v) is 1.12. The minimum Gasteiger partial charge on any atom is -0.240 e. The van der Waals surface area contributed by atoms with Crippen molar-refractivity contribution < 1.29 is 13.2 Å². The maximum atomic E-state index is 11.8. The number of alkyl halides is 3. The smallest absolute Gasteiger partial charge is 0.240 e. The van der Waals surface area contributed by atoms with E-state index in [4.69, 9.17) is 0 Å². The van der Waals surface area contributed by atoms with Gasteiger partial charge in [0.05, 0.1) is 4.47 Å². The highest BCUT2D eigenvalue weighted by molar-refractivity contribution is 9.10. The van der Waals surface area contributed by atoms with E-state index in [-0.39, 0.29) is 12.8 Å². The first-order valence-corrected chi connectivity index (χ1v) is 4.80. The zero-order valence-corrected chi connectivity index (χ0v) is 8.77. The third-order valence-electron chi connectivity index (χ3n) is 1.53. The molecule has 0 aliphatic heterocycles. The van der Waals surface area contributed by atoms with E-state index in [9.17, 15) is 13.2 Å². The maximum absolute atomic E-state index is 11.8. The summed E-state index contributed by atoms with van der Waals surface area (Å²) < 4.78 is 36.0. The van der Waals surface area contributed by atoms with Crippen LogP contribution in [0.25, 0.3) is 0 Å². The van der Waals surface area contributed by atoms with Crippen LogP contribution in [0.1, 0.15) is 18.7 Å². The van der Waals surface area contributed by atoms with Crippen molar-refractivity contribution in [1.82, 2.24) is 9.97 Å². The Kier molecular flexibility index (Phi) is 3.86. The number of rotatable bonds is 3. The number of hydrogen-bond acceptors (Lipinski definition) is 2. The van der Waals surface area contributed by atoms with Gasteiger partial charge < -0.3 is 0 Å². The van der Waals surface area contributed by atoms with Crippen molar-refractivity contribution in [2.45, 2.75) is 25.4 Å². The number of nitrogens with zero attached hydrogens (tertiary/aromatic N) is 2. The number of halogens is 4. The van der Waals surface area contributed by atoms with Crippen LogP contribution < -0.4 is 0 Å². The molecule has 0 saturated heterocycles. The predicted octanol–water partition coefficient (Wildman–Crippen LogP) is 3.12. The van der Waals surface area contributed by atoms with Gasteiger partial charge in [0.2, 0.25) is 0 Å². The van der Waals surface area contributed by atoms with Gasteiger partial charge in [0, 0.05) is 25.2 Å². The lowest BCUT2D eigenvalue weighted by molar-refractivity contribution is -0.135. The summed E-state index contributed by atoms with van der Waals surface area (Å²) in [6.07, 6.45) is -1.54. The third-order valence-corrected chi connectivity index (χ3v) is 1.94. The van der Waals surface area contributed by atoms with E-state index in [1.165, 1.54) is 12.4 Å². The quantitative estimate of drug-likeness (QED) is 0.842. The molecule has 78 valence electrons. The van der Waals surface area contributed by atoms with Crippen molar-refractivity contribution in [1.29, 1.82) is 0 Å². The molecule has 6 heteroatoms. The Bertz CT molecular complexity index is 284. The molecule has 14 heavy (non-hydrogen) atoms. The molecule has 0 unspecified atom stereocenters. The standard InChI is InChI=1S/C8H8BrF3N2/c9-6-4-13-7(14-5-6)2-1-3-8(10,11)12/h4-5H,1-3H2. The highest BCUT2D eigenvalue weighted by Crippen LogP contribution is 2.22. The second-order valence-corrected chi connectivity index (χ2v) is 3.70. The molecule has 0 bridgehead atoms. The average molecular weight is 269 g/mol. The molecule has 0 fully saturated rings. The summed E-state index contributed by atoms with van der Waals surface area (Å²) in [7, 11) is 0. The number of aromatic nitrogens is 2. The molecule has 1 aromatic heterocycles. The second kappa shape index (κ2) is 4.72. The molecule has 1 rings (SSSR count). The summed E-state index contributed by atoms with van der Waals surface area (Å²) in [4.78, 5) is 7.75. The minimum absolute atomic E-state index is 0.0329. The van der Waals surface area contributed by atoms with Crippen LogP contribution in [0.2, 0.25) is 0 Å². The van der Waals surface area contributed by atoms with Crippen LogP contribution in [-0.2, 0) is 6.42 Å². The largest absolute Gasteiger partial charge is 0.389 e. The Morgan fingerprint density at radius 3 is 2.29 bits per heavy atom. The summed E-state index contributed by atoms with van der Waals surface area (Å²) in [6.45, 7) is 0. The van der Waals surface area contributed by atoms with Gasteiger partial charge in [-0.3, -0.25) is 0 Å². The monoisotopic (exact) mass is 268 g/mol. The van der Waals surface area contributed by atoms with Crippen molar-refractivity contribution in [3.63, 3.8) is 0 Å². The number of hydrogen-bond donors (Lipinski definition) is 0. The van der Waals surface area contributed by atoms with Gasteiger partial charge in [0.1, 0.15) is 5.82 Å². The van der Waals surface area contributed by atoms with Gasteiger partial charge >= 0.3 is 6.18 Å². The average Bonchev–Trinajstić information content (AvgIpc) is 2.06. The third kappa shape index (κ3) is 4.55. The summed E-state index contributed by atoms with van der Waals surface area (Å²) in [5.41, 5.74) is 0. The lowest BCUT2D eigenvalue weighted by atomic mass is 10.2. The summed E-state index contributed by atoms with van der Waals surface area (Å²) in [6, 6.07) is 0. The van der Waals surface area contributed by atoms with Crippen LogP contribution in [0, 0.1) is 0 Å². The van der Waals surface area contributed by atoms with Gasteiger partial charge in [0.25, 0.3) is 0 Å². The molecule has 0 atom stereocenters. The summed E-state index contributed by atoms with van der Waals surface area (Å²) in [5, 5.41) is 0. The van der Waals surface area contributed by atoms with Crippen molar-refractivity contribution in [3.8, 4) is 0 Å². The zero-order chi connectivity index (χ0) is 10.6. The molecule has 1 aromatic rings.